The normalized spacial score (nSPS) is 11.7. The van der Waals surface area contributed by atoms with Gasteiger partial charge >= 0.3 is 76.3 Å². The number of alkyl halides is 5. The molecule has 0 aliphatic carbocycles. The molecule has 0 amide bonds. The second-order valence-corrected chi connectivity index (χ2v) is 6.01. The molecule has 0 saturated heterocycles. The van der Waals surface area contributed by atoms with Crippen LogP contribution in [0.25, 0.3) is 10.8 Å². The second kappa shape index (κ2) is 10.4. The molecular weight excluding hydrogens is 457 g/mol. The van der Waals surface area contributed by atoms with Crippen LogP contribution in [0.5, 0.6) is 5.75 Å². The zero-order chi connectivity index (χ0) is 20.2. The summed E-state index contributed by atoms with van der Waals surface area (Å²) >= 11 is 0. The average Bonchev–Trinajstić information content (AvgIpc) is 2.62. The molecule has 9 heteroatoms. The van der Waals surface area contributed by atoms with E-state index in [4.69, 9.17) is 4.74 Å². The maximum absolute atomic E-state index is 12.7. The maximum atomic E-state index is 12.7. The van der Waals surface area contributed by atoms with E-state index in [1.807, 2.05) is 25.1 Å². The SMILES string of the molecule is CC[C-](C)c1ccc2cc(OCC(=O)OCC(F)(F)C(F)(F)F)ccc2c1.[Rb+]. The Morgan fingerprint density at radius 2 is 1.64 bits per heavy atom. The summed E-state index contributed by atoms with van der Waals surface area (Å²) in [5.74, 6) is -4.92. The Morgan fingerprint density at radius 1 is 1.04 bits per heavy atom. The molecule has 2 rings (SSSR count). The summed E-state index contributed by atoms with van der Waals surface area (Å²) in [5.41, 5.74) is 1.10. The van der Waals surface area contributed by atoms with Crippen LogP contribution in [0.15, 0.2) is 36.4 Å². The number of halogens is 5. The third-order valence-corrected chi connectivity index (χ3v) is 4.02. The van der Waals surface area contributed by atoms with Crippen LogP contribution >= 0.6 is 0 Å². The van der Waals surface area contributed by atoms with E-state index in [0.29, 0.717) is 0 Å². The molecule has 2 aromatic rings. The first-order valence-corrected chi connectivity index (χ1v) is 8.13. The van der Waals surface area contributed by atoms with Gasteiger partial charge < -0.3 is 9.47 Å². The fourth-order valence-electron chi connectivity index (χ4n) is 2.22. The Bertz CT molecular complexity index is 808. The summed E-state index contributed by atoms with van der Waals surface area (Å²) in [4.78, 5) is 11.4. The number of hydrogen-bond acceptors (Lipinski definition) is 3. The third-order valence-electron chi connectivity index (χ3n) is 4.02. The standard InChI is InChI=1S/C19H18F5O3.Rb/c1-3-12(2)13-4-5-15-9-16(7-6-14(15)8-13)26-10-17(25)27-11-18(20,21)19(22,23)24;/h4-9H,3,10-11H2,1-2H3;/q-1;+1. The molecule has 0 heterocycles. The van der Waals surface area contributed by atoms with Gasteiger partial charge in [-0.2, -0.15) is 45.6 Å². The zero-order valence-corrected chi connectivity index (χ0v) is 20.6. The number of rotatable bonds is 7. The summed E-state index contributed by atoms with van der Waals surface area (Å²) in [7, 11) is 0. The van der Waals surface area contributed by atoms with Gasteiger partial charge in [0, 0.05) is 0 Å². The quantitative estimate of drug-likeness (QED) is 0.351. The molecule has 0 aromatic heterocycles. The van der Waals surface area contributed by atoms with Crippen molar-refractivity contribution < 1.29 is 94.4 Å². The molecule has 148 valence electrons. The molecule has 0 radical (unpaired) electrons. The number of esters is 1. The Labute approximate surface area is 208 Å². The zero-order valence-electron chi connectivity index (χ0n) is 15.7. The van der Waals surface area contributed by atoms with Crippen molar-refractivity contribution in [1.82, 2.24) is 0 Å². The van der Waals surface area contributed by atoms with Crippen LogP contribution in [0.3, 0.4) is 0 Å². The van der Waals surface area contributed by atoms with Gasteiger partial charge in [0.1, 0.15) is 5.75 Å². The molecule has 0 fully saturated rings. The predicted molar refractivity (Wildman–Crippen MR) is 89.7 cm³/mol. The van der Waals surface area contributed by atoms with Gasteiger partial charge in [-0.05, 0) is 17.5 Å². The molecule has 0 unspecified atom stereocenters. The molecule has 28 heavy (non-hydrogen) atoms. The van der Waals surface area contributed by atoms with Gasteiger partial charge in [-0.1, -0.05) is 31.7 Å². The monoisotopic (exact) mass is 474 g/mol. The van der Waals surface area contributed by atoms with Crippen LogP contribution in [-0.4, -0.2) is 31.3 Å². The Balaban J connectivity index is 0.00000392. The van der Waals surface area contributed by atoms with Crippen molar-refractivity contribution in [2.24, 2.45) is 0 Å². The number of benzene rings is 2. The molecule has 2 aromatic carbocycles. The van der Waals surface area contributed by atoms with Crippen molar-refractivity contribution in [3.63, 3.8) is 0 Å². The van der Waals surface area contributed by atoms with Gasteiger partial charge in [0.25, 0.3) is 0 Å². The number of carbonyl (C=O) groups excluding carboxylic acids is 1. The van der Waals surface area contributed by atoms with Gasteiger partial charge in [0.2, 0.25) is 0 Å². The van der Waals surface area contributed by atoms with Gasteiger partial charge in [-0.25, -0.2) is 4.79 Å². The maximum Gasteiger partial charge on any atom is 1.00 e. The molecule has 0 N–H and O–H groups in total. The van der Waals surface area contributed by atoms with Crippen molar-refractivity contribution >= 4 is 16.7 Å². The fourth-order valence-corrected chi connectivity index (χ4v) is 2.22. The minimum absolute atomic E-state index is 0. The van der Waals surface area contributed by atoms with Crippen LogP contribution in [-0.2, 0) is 9.53 Å². The Hall–Kier alpha value is -0.705. The summed E-state index contributed by atoms with van der Waals surface area (Å²) < 4.78 is 70.5. The van der Waals surface area contributed by atoms with Crippen LogP contribution < -0.4 is 62.9 Å². The smallest absolute Gasteiger partial charge is 0.482 e. The van der Waals surface area contributed by atoms with E-state index in [-0.39, 0.29) is 63.9 Å². The van der Waals surface area contributed by atoms with Crippen LogP contribution in [0.2, 0.25) is 0 Å². The van der Waals surface area contributed by atoms with Crippen molar-refractivity contribution in [2.45, 2.75) is 32.4 Å². The van der Waals surface area contributed by atoms with Crippen molar-refractivity contribution in [3.05, 3.63) is 47.9 Å². The van der Waals surface area contributed by atoms with E-state index >= 15 is 0 Å². The number of ether oxygens (including phenoxy) is 2. The van der Waals surface area contributed by atoms with E-state index in [1.165, 1.54) is 5.92 Å². The average molecular weight is 475 g/mol. The number of hydrogen-bond donors (Lipinski definition) is 0. The minimum Gasteiger partial charge on any atom is -0.482 e. The van der Waals surface area contributed by atoms with Crippen LogP contribution in [0.1, 0.15) is 25.8 Å². The first-order chi connectivity index (χ1) is 12.5. The van der Waals surface area contributed by atoms with Gasteiger partial charge in [-0.15, -0.1) is 6.07 Å². The van der Waals surface area contributed by atoms with E-state index in [2.05, 4.69) is 11.7 Å². The van der Waals surface area contributed by atoms with Gasteiger partial charge in [0.05, 0.1) is 0 Å². The van der Waals surface area contributed by atoms with E-state index in [0.717, 1.165) is 22.8 Å². The molecule has 0 bridgehead atoms. The third kappa shape index (κ3) is 6.67. The largest absolute Gasteiger partial charge is 1.00 e. The molecule has 0 aliphatic rings. The van der Waals surface area contributed by atoms with Crippen molar-refractivity contribution in [3.8, 4) is 5.75 Å². The summed E-state index contributed by atoms with van der Waals surface area (Å²) in [6.07, 6.45) is -4.86. The number of fused-ring (bicyclic) bond motifs is 1. The predicted octanol–water partition coefficient (Wildman–Crippen LogP) is 2.32. The fraction of sp³-hybridized carbons (Fsp3) is 0.368. The molecule has 0 aliphatic heterocycles. The van der Waals surface area contributed by atoms with Crippen LogP contribution in [0.4, 0.5) is 22.0 Å². The van der Waals surface area contributed by atoms with Gasteiger partial charge in [0.15, 0.2) is 13.2 Å². The summed E-state index contributed by atoms with van der Waals surface area (Å²) in [6, 6.07) is 10.8. The van der Waals surface area contributed by atoms with E-state index in [9.17, 15) is 26.7 Å². The van der Waals surface area contributed by atoms with E-state index in [1.54, 1.807) is 18.2 Å². The van der Waals surface area contributed by atoms with Crippen LogP contribution in [0, 0.1) is 5.92 Å². The summed E-state index contributed by atoms with van der Waals surface area (Å²) in [6.45, 7) is 1.24. The molecular formula is C19H18F5O3Rb. The first kappa shape index (κ1) is 25.3. The topological polar surface area (TPSA) is 35.5 Å². The molecule has 0 spiro atoms. The van der Waals surface area contributed by atoms with Crippen molar-refractivity contribution in [1.29, 1.82) is 0 Å². The first-order valence-electron chi connectivity index (χ1n) is 8.13. The van der Waals surface area contributed by atoms with Gasteiger partial charge in [-0.3, -0.25) is 0 Å². The van der Waals surface area contributed by atoms with Crippen molar-refractivity contribution in [2.75, 3.05) is 13.2 Å². The Kier molecular flexibility index (Phi) is 9.37. The molecule has 0 saturated carbocycles. The minimum atomic E-state index is -5.78. The Morgan fingerprint density at radius 3 is 2.25 bits per heavy atom. The second-order valence-electron chi connectivity index (χ2n) is 6.01. The molecule has 0 atom stereocenters. The number of carbonyl (C=O) groups is 1. The molecule has 3 nitrogen and oxygen atoms in total. The van der Waals surface area contributed by atoms with E-state index < -0.39 is 31.3 Å². The summed E-state index contributed by atoms with van der Waals surface area (Å²) in [5, 5.41) is 1.78.